The van der Waals surface area contributed by atoms with Crippen LogP contribution in [0.15, 0.2) is 22.7 Å². The van der Waals surface area contributed by atoms with E-state index in [0.717, 1.165) is 22.9 Å². The average Bonchev–Trinajstić information content (AvgIpc) is 2.34. The molecule has 0 aliphatic carbocycles. The first-order valence-electron chi connectivity index (χ1n) is 6.76. The quantitative estimate of drug-likeness (QED) is 0.911. The van der Waals surface area contributed by atoms with E-state index in [0.29, 0.717) is 5.75 Å². The topological polar surface area (TPSA) is 23.5 Å². The highest BCUT2D eigenvalue weighted by molar-refractivity contribution is 9.10. The molecule has 1 aromatic rings. The molecule has 0 amide bonds. The van der Waals surface area contributed by atoms with Crippen LogP contribution in [0.25, 0.3) is 0 Å². The minimum Gasteiger partial charge on any atom is -0.508 e. The number of nitrogens with zero attached hydrogens (tertiary/aromatic N) is 1. The van der Waals surface area contributed by atoms with Gasteiger partial charge in [0.2, 0.25) is 0 Å². The number of rotatable bonds is 3. The minimum absolute atomic E-state index is 0.352. The molecule has 3 heteroatoms. The van der Waals surface area contributed by atoms with Gasteiger partial charge in [0.1, 0.15) is 5.75 Å². The molecule has 1 aliphatic rings. The van der Waals surface area contributed by atoms with E-state index < -0.39 is 0 Å². The third-order valence-corrected chi connectivity index (χ3v) is 4.77. The zero-order valence-corrected chi connectivity index (χ0v) is 12.8. The maximum atomic E-state index is 9.54. The van der Waals surface area contributed by atoms with Crippen molar-refractivity contribution in [3.8, 4) is 5.75 Å². The van der Waals surface area contributed by atoms with E-state index in [4.69, 9.17) is 0 Å². The van der Waals surface area contributed by atoms with E-state index in [-0.39, 0.29) is 0 Å². The Morgan fingerprint density at radius 2 is 2.00 bits per heavy atom. The smallest absolute Gasteiger partial charge is 0.115 e. The number of aromatic hydroxyl groups is 1. The molecule has 0 saturated carbocycles. The summed E-state index contributed by atoms with van der Waals surface area (Å²) in [6, 6.07) is 5.50. The second-order valence-corrected chi connectivity index (χ2v) is 6.49. The maximum absolute atomic E-state index is 9.54. The number of likely N-dealkylation sites (tertiary alicyclic amines) is 1. The Morgan fingerprint density at radius 3 is 2.61 bits per heavy atom. The number of halogens is 1. The fourth-order valence-corrected chi connectivity index (χ4v) is 3.07. The molecular weight excluding hydrogens is 290 g/mol. The molecule has 1 aliphatic heterocycles. The number of phenolic OH excluding ortho intramolecular Hbond substituents is 1. The number of hydrogen-bond acceptors (Lipinski definition) is 2. The highest BCUT2D eigenvalue weighted by atomic mass is 79.9. The molecule has 0 spiro atoms. The van der Waals surface area contributed by atoms with Crippen LogP contribution in [-0.2, 0) is 6.54 Å². The standard InChI is InChI=1S/C15H22BrNO/c1-11(2)12-5-7-17(8-6-12)10-13-9-14(18)3-4-15(13)16/h3-4,9,11-12,18H,5-8,10H2,1-2H3. The van der Waals surface area contributed by atoms with Crippen LogP contribution >= 0.6 is 15.9 Å². The van der Waals surface area contributed by atoms with Crippen molar-refractivity contribution in [1.29, 1.82) is 0 Å². The largest absolute Gasteiger partial charge is 0.508 e. The van der Waals surface area contributed by atoms with Crippen LogP contribution in [0.4, 0.5) is 0 Å². The molecule has 1 saturated heterocycles. The first kappa shape index (κ1) is 13.9. The predicted octanol–water partition coefficient (Wildman–Crippen LogP) is 4.02. The molecule has 1 aromatic carbocycles. The van der Waals surface area contributed by atoms with Gasteiger partial charge in [-0.2, -0.15) is 0 Å². The third kappa shape index (κ3) is 3.48. The van der Waals surface area contributed by atoms with Crippen molar-refractivity contribution in [2.75, 3.05) is 13.1 Å². The van der Waals surface area contributed by atoms with Gasteiger partial charge >= 0.3 is 0 Å². The summed E-state index contributed by atoms with van der Waals surface area (Å²) in [6.07, 6.45) is 2.60. The SMILES string of the molecule is CC(C)C1CCN(Cc2cc(O)ccc2Br)CC1. The Labute approximate surface area is 118 Å². The Balaban J connectivity index is 1.93. The lowest BCUT2D eigenvalue weighted by Crippen LogP contribution is -2.34. The summed E-state index contributed by atoms with van der Waals surface area (Å²) in [5, 5.41) is 9.54. The van der Waals surface area contributed by atoms with E-state index in [2.05, 4.69) is 34.7 Å². The van der Waals surface area contributed by atoms with Crippen LogP contribution in [0.3, 0.4) is 0 Å². The van der Waals surface area contributed by atoms with E-state index in [1.54, 1.807) is 6.07 Å². The molecule has 0 radical (unpaired) electrons. The lowest BCUT2D eigenvalue weighted by molar-refractivity contribution is 0.151. The fourth-order valence-electron chi connectivity index (χ4n) is 2.70. The fraction of sp³-hybridized carbons (Fsp3) is 0.600. The first-order chi connectivity index (χ1) is 8.56. The normalized spacial score (nSPS) is 18.4. The van der Waals surface area contributed by atoms with Gasteiger partial charge in [-0.05, 0) is 61.5 Å². The predicted molar refractivity (Wildman–Crippen MR) is 78.6 cm³/mol. The highest BCUT2D eigenvalue weighted by Gasteiger charge is 2.21. The van der Waals surface area contributed by atoms with Gasteiger partial charge < -0.3 is 5.11 Å². The molecule has 2 rings (SSSR count). The van der Waals surface area contributed by atoms with E-state index in [1.165, 1.54) is 31.5 Å². The third-order valence-electron chi connectivity index (χ3n) is 4.00. The summed E-state index contributed by atoms with van der Waals surface area (Å²) in [7, 11) is 0. The van der Waals surface area contributed by atoms with Crippen LogP contribution in [-0.4, -0.2) is 23.1 Å². The minimum atomic E-state index is 0.352. The van der Waals surface area contributed by atoms with Crippen molar-refractivity contribution >= 4 is 15.9 Å². The highest BCUT2D eigenvalue weighted by Crippen LogP contribution is 2.28. The van der Waals surface area contributed by atoms with Gasteiger partial charge in [0.15, 0.2) is 0 Å². The number of piperidine rings is 1. The Morgan fingerprint density at radius 1 is 1.33 bits per heavy atom. The van der Waals surface area contributed by atoms with Gasteiger partial charge in [0.05, 0.1) is 0 Å². The van der Waals surface area contributed by atoms with Crippen molar-refractivity contribution in [1.82, 2.24) is 4.90 Å². The zero-order chi connectivity index (χ0) is 13.1. The first-order valence-corrected chi connectivity index (χ1v) is 7.55. The molecule has 1 N–H and O–H groups in total. The Kier molecular flexibility index (Phi) is 4.68. The molecule has 0 atom stereocenters. The number of phenols is 1. The number of benzene rings is 1. The lowest BCUT2D eigenvalue weighted by atomic mass is 9.86. The monoisotopic (exact) mass is 311 g/mol. The average molecular weight is 312 g/mol. The van der Waals surface area contributed by atoms with Gasteiger partial charge in [-0.25, -0.2) is 0 Å². The van der Waals surface area contributed by atoms with Crippen LogP contribution in [0.5, 0.6) is 5.75 Å². The molecular formula is C15H22BrNO. The van der Waals surface area contributed by atoms with Crippen molar-refractivity contribution in [2.24, 2.45) is 11.8 Å². The second-order valence-electron chi connectivity index (χ2n) is 5.63. The molecule has 0 bridgehead atoms. The van der Waals surface area contributed by atoms with E-state index >= 15 is 0 Å². The summed E-state index contributed by atoms with van der Waals surface area (Å²) in [4.78, 5) is 2.48. The summed E-state index contributed by atoms with van der Waals surface area (Å²) in [6.45, 7) is 7.92. The van der Waals surface area contributed by atoms with Gasteiger partial charge in [0, 0.05) is 11.0 Å². The zero-order valence-electron chi connectivity index (χ0n) is 11.2. The van der Waals surface area contributed by atoms with Crippen LogP contribution < -0.4 is 0 Å². The molecule has 0 aromatic heterocycles. The summed E-state index contributed by atoms with van der Waals surface area (Å²) in [5.74, 6) is 2.04. The van der Waals surface area contributed by atoms with Gasteiger partial charge in [0.25, 0.3) is 0 Å². The lowest BCUT2D eigenvalue weighted by Gasteiger charge is -2.34. The Hall–Kier alpha value is -0.540. The van der Waals surface area contributed by atoms with Crippen LogP contribution in [0.2, 0.25) is 0 Å². The van der Waals surface area contributed by atoms with Gasteiger partial charge in [-0.15, -0.1) is 0 Å². The van der Waals surface area contributed by atoms with Crippen molar-refractivity contribution in [2.45, 2.75) is 33.2 Å². The van der Waals surface area contributed by atoms with Gasteiger partial charge in [-0.3, -0.25) is 4.90 Å². The van der Waals surface area contributed by atoms with Crippen LogP contribution in [0.1, 0.15) is 32.3 Å². The van der Waals surface area contributed by atoms with E-state index in [9.17, 15) is 5.11 Å². The summed E-state index contributed by atoms with van der Waals surface area (Å²) >= 11 is 3.55. The second kappa shape index (κ2) is 6.07. The molecule has 100 valence electrons. The van der Waals surface area contributed by atoms with Crippen molar-refractivity contribution in [3.63, 3.8) is 0 Å². The van der Waals surface area contributed by atoms with Crippen molar-refractivity contribution < 1.29 is 5.11 Å². The molecule has 1 heterocycles. The van der Waals surface area contributed by atoms with Crippen molar-refractivity contribution in [3.05, 3.63) is 28.2 Å². The molecule has 1 fully saturated rings. The van der Waals surface area contributed by atoms with Crippen LogP contribution in [0, 0.1) is 11.8 Å². The number of hydrogen-bond donors (Lipinski definition) is 1. The Bertz CT molecular complexity index is 397. The molecule has 2 nitrogen and oxygen atoms in total. The summed E-state index contributed by atoms with van der Waals surface area (Å²) in [5.41, 5.74) is 1.18. The molecule has 18 heavy (non-hydrogen) atoms. The maximum Gasteiger partial charge on any atom is 0.115 e. The summed E-state index contributed by atoms with van der Waals surface area (Å²) < 4.78 is 1.09. The molecule has 0 unspecified atom stereocenters. The van der Waals surface area contributed by atoms with Gasteiger partial charge in [-0.1, -0.05) is 29.8 Å². The van der Waals surface area contributed by atoms with E-state index in [1.807, 2.05) is 12.1 Å².